The number of nitrogens with one attached hydrogen (secondary N) is 1. The van der Waals surface area contributed by atoms with E-state index in [2.05, 4.69) is 9.72 Å². The van der Waals surface area contributed by atoms with E-state index in [0.717, 1.165) is 16.5 Å². The van der Waals surface area contributed by atoms with Crippen LogP contribution in [0.5, 0.6) is 0 Å². The molecule has 1 aromatic carbocycles. The molecule has 0 aliphatic heterocycles. The molecule has 0 amide bonds. The lowest BCUT2D eigenvalue weighted by Crippen LogP contribution is -2.38. The molecule has 0 saturated heterocycles. The number of ketones is 1. The Kier molecular flexibility index (Phi) is 3.97. The third-order valence-electron chi connectivity index (χ3n) is 2.93. The zero-order chi connectivity index (χ0) is 13.8. The number of H-pyrrole nitrogens is 1. The van der Waals surface area contributed by atoms with E-state index in [-0.39, 0.29) is 6.61 Å². The number of fused-ring (bicyclic) bond motifs is 1. The van der Waals surface area contributed by atoms with E-state index in [1.54, 1.807) is 6.92 Å². The Bertz CT molecular complexity index is 604. The van der Waals surface area contributed by atoms with E-state index in [1.807, 2.05) is 30.5 Å². The normalized spacial score (nSPS) is 12.3. The first kappa shape index (κ1) is 13.3. The maximum atomic E-state index is 11.7. The van der Waals surface area contributed by atoms with Gasteiger partial charge in [-0.2, -0.15) is 0 Å². The molecule has 100 valence electrons. The lowest BCUT2D eigenvalue weighted by Gasteiger charge is -2.08. The molecule has 3 N–H and O–H groups in total. The second-order valence-corrected chi connectivity index (χ2v) is 4.25. The summed E-state index contributed by atoms with van der Waals surface area (Å²) in [5, 5.41) is 1.01. The van der Waals surface area contributed by atoms with Crippen molar-refractivity contribution in [1.82, 2.24) is 4.98 Å². The van der Waals surface area contributed by atoms with Crippen LogP contribution >= 0.6 is 0 Å². The Morgan fingerprint density at radius 3 is 2.84 bits per heavy atom. The van der Waals surface area contributed by atoms with Crippen LogP contribution in [-0.2, 0) is 20.7 Å². The van der Waals surface area contributed by atoms with Gasteiger partial charge in [0.05, 0.1) is 12.6 Å². The predicted octanol–water partition coefficient (Wildman–Crippen LogP) is 1.17. The van der Waals surface area contributed by atoms with E-state index in [0.29, 0.717) is 6.42 Å². The van der Waals surface area contributed by atoms with Crippen LogP contribution in [0.25, 0.3) is 10.9 Å². The van der Waals surface area contributed by atoms with Gasteiger partial charge in [0.1, 0.15) is 0 Å². The molecule has 2 aromatic rings. The minimum absolute atomic E-state index is 0.171. The highest BCUT2D eigenvalue weighted by Gasteiger charge is 2.24. The highest BCUT2D eigenvalue weighted by Crippen LogP contribution is 2.18. The van der Waals surface area contributed by atoms with E-state index in [9.17, 15) is 9.59 Å². The molecule has 0 fully saturated rings. The van der Waals surface area contributed by atoms with Gasteiger partial charge >= 0.3 is 5.97 Å². The third-order valence-corrected chi connectivity index (χ3v) is 2.93. The lowest BCUT2D eigenvalue weighted by atomic mass is 10.0. The number of benzene rings is 1. The number of aromatic amines is 1. The second-order valence-electron chi connectivity index (χ2n) is 4.25. The van der Waals surface area contributed by atoms with Crippen LogP contribution < -0.4 is 5.73 Å². The fraction of sp³-hybridized carbons (Fsp3) is 0.286. The molecule has 19 heavy (non-hydrogen) atoms. The average molecular weight is 260 g/mol. The predicted molar refractivity (Wildman–Crippen MR) is 71.6 cm³/mol. The number of aromatic nitrogens is 1. The summed E-state index contributed by atoms with van der Waals surface area (Å²) in [6, 6.07) is 6.85. The third kappa shape index (κ3) is 2.82. The number of carbonyl (C=O) groups is 2. The van der Waals surface area contributed by atoms with E-state index in [1.165, 1.54) is 0 Å². The lowest BCUT2D eigenvalue weighted by molar-refractivity contribution is -0.154. The molecule has 0 radical (unpaired) electrons. The van der Waals surface area contributed by atoms with Crippen molar-refractivity contribution in [2.75, 3.05) is 6.61 Å². The fourth-order valence-corrected chi connectivity index (χ4v) is 1.98. The first-order valence-electron chi connectivity index (χ1n) is 6.15. The Morgan fingerprint density at radius 2 is 2.11 bits per heavy atom. The fourth-order valence-electron chi connectivity index (χ4n) is 1.98. The second kappa shape index (κ2) is 5.67. The quantitative estimate of drug-likeness (QED) is 0.624. The minimum atomic E-state index is -0.877. The molecule has 2 rings (SSSR count). The SMILES string of the molecule is CCOC(=O)C(=O)[C@@H](N)Cc1c[nH]c2ccccc12. The standard InChI is InChI=1S/C14H16N2O3/c1-2-19-14(18)13(17)11(15)7-9-8-16-12-6-4-3-5-10(9)12/h3-6,8,11,16H,2,7,15H2,1H3/t11-/m0/s1. The van der Waals surface area contributed by atoms with E-state index >= 15 is 0 Å². The van der Waals surface area contributed by atoms with Gasteiger partial charge < -0.3 is 15.5 Å². The number of esters is 1. The molecule has 0 bridgehead atoms. The topological polar surface area (TPSA) is 85.2 Å². The molecular weight excluding hydrogens is 244 g/mol. The Balaban J connectivity index is 2.12. The molecule has 1 heterocycles. The summed E-state index contributed by atoms with van der Waals surface area (Å²) in [6.45, 7) is 1.82. The van der Waals surface area contributed by atoms with Gasteiger partial charge in [0, 0.05) is 17.1 Å². The molecular formula is C14H16N2O3. The first-order chi connectivity index (χ1) is 9.13. The molecule has 5 nitrogen and oxygen atoms in total. The minimum Gasteiger partial charge on any atom is -0.460 e. The van der Waals surface area contributed by atoms with Crippen molar-refractivity contribution >= 4 is 22.7 Å². The number of ether oxygens (including phenoxy) is 1. The smallest absolute Gasteiger partial charge is 0.376 e. The largest absolute Gasteiger partial charge is 0.460 e. The summed E-state index contributed by atoms with van der Waals surface area (Å²) in [5.41, 5.74) is 7.66. The Hall–Kier alpha value is -2.14. The highest BCUT2D eigenvalue weighted by molar-refractivity contribution is 6.35. The maximum absolute atomic E-state index is 11.7. The van der Waals surface area contributed by atoms with Gasteiger partial charge in [0.25, 0.3) is 5.78 Å². The average Bonchev–Trinajstić information content (AvgIpc) is 2.81. The molecule has 1 atom stereocenters. The van der Waals surface area contributed by atoms with Crippen LogP contribution in [-0.4, -0.2) is 29.4 Å². The summed E-state index contributed by atoms with van der Waals surface area (Å²) in [7, 11) is 0. The monoisotopic (exact) mass is 260 g/mol. The van der Waals surface area contributed by atoms with Gasteiger partial charge in [-0.15, -0.1) is 0 Å². The summed E-state index contributed by atoms with van der Waals surface area (Å²) in [6.07, 6.45) is 2.12. The molecule has 0 spiro atoms. The number of para-hydroxylation sites is 1. The summed E-state index contributed by atoms with van der Waals surface area (Å²) < 4.78 is 4.66. The van der Waals surface area contributed by atoms with Gasteiger partial charge in [-0.1, -0.05) is 18.2 Å². The van der Waals surface area contributed by atoms with Crippen molar-refractivity contribution in [3.05, 3.63) is 36.0 Å². The molecule has 0 unspecified atom stereocenters. The molecule has 0 aliphatic rings. The van der Waals surface area contributed by atoms with Crippen molar-refractivity contribution in [3.63, 3.8) is 0 Å². The van der Waals surface area contributed by atoms with Crippen LogP contribution in [0, 0.1) is 0 Å². The van der Waals surface area contributed by atoms with Crippen molar-refractivity contribution < 1.29 is 14.3 Å². The van der Waals surface area contributed by atoms with Gasteiger partial charge in [-0.05, 0) is 25.0 Å². The van der Waals surface area contributed by atoms with Gasteiger partial charge in [0.15, 0.2) is 0 Å². The number of hydrogen-bond acceptors (Lipinski definition) is 4. The van der Waals surface area contributed by atoms with Gasteiger partial charge in [-0.3, -0.25) is 4.79 Å². The highest BCUT2D eigenvalue weighted by atomic mass is 16.5. The number of nitrogens with two attached hydrogens (primary N) is 1. The maximum Gasteiger partial charge on any atom is 0.376 e. The van der Waals surface area contributed by atoms with Crippen LogP contribution in [0.1, 0.15) is 12.5 Å². The van der Waals surface area contributed by atoms with Crippen LogP contribution in [0.15, 0.2) is 30.5 Å². The van der Waals surface area contributed by atoms with Crippen molar-refractivity contribution in [1.29, 1.82) is 0 Å². The number of hydrogen-bond donors (Lipinski definition) is 2. The molecule has 5 heteroatoms. The van der Waals surface area contributed by atoms with Gasteiger partial charge in [0.2, 0.25) is 0 Å². The number of carbonyl (C=O) groups excluding carboxylic acids is 2. The molecule has 1 aromatic heterocycles. The number of Topliss-reactive ketones (excluding diaryl/α,β-unsaturated/α-hetero) is 1. The summed E-state index contributed by atoms with van der Waals surface area (Å²) >= 11 is 0. The van der Waals surface area contributed by atoms with Crippen LogP contribution in [0.2, 0.25) is 0 Å². The van der Waals surface area contributed by atoms with Gasteiger partial charge in [-0.25, -0.2) is 4.79 Å². The van der Waals surface area contributed by atoms with Crippen molar-refractivity contribution in [3.8, 4) is 0 Å². The van der Waals surface area contributed by atoms with E-state index < -0.39 is 17.8 Å². The van der Waals surface area contributed by atoms with Crippen LogP contribution in [0.3, 0.4) is 0 Å². The van der Waals surface area contributed by atoms with Crippen molar-refractivity contribution in [2.24, 2.45) is 5.73 Å². The molecule has 0 saturated carbocycles. The van der Waals surface area contributed by atoms with Crippen molar-refractivity contribution in [2.45, 2.75) is 19.4 Å². The Morgan fingerprint density at radius 1 is 1.37 bits per heavy atom. The number of rotatable bonds is 5. The van der Waals surface area contributed by atoms with E-state index in [4.69, 9.17) is 5.73 Å². The zero-order valence-corrected chi connectivity index (χ0v) is 10.7. The first-order valence-corrected chi connectivity index (χ1v) is 6.15. The summed E-state index contributed by atoms with van der Waals surface area (Å²) in [4.78, 5) is 26.1. The Labute approximate surface area is 110 Å². The zero-order valence-electron chi connectivity index (χ0n) is 10.7. The molecule has 0 aliphatic carbocycles. The summed E-state index contributed by atoms with van der Waals surface area (Å²) in [5.74, 6) is -1.55. The van der Waals surface area contributed by atoms with Crippen LogP contribution in [0.4, 0.5) is 0 Å².